The molecular weight excluding hydrogens is 237 g/mol. The van der Waals surface area contributed by atoms with E-state index < -0.39 is 17.8 Å². The fourth-order valence-electron chi connectivity index (χ4n) is 1.88. The van der Waals surface area contributed by atoms with Gasteiger partial charge >= 0.3 is 5.97 Å². The highest BCUT2D eigenvalue weighted by Gasteiger charge is 2.17. The maximum Gasteiger partial charge on any atom is 0.303 e. The summed E-state index contributed by atoms with van der Waals surface area (Å²) in [5.41, 5.74) is 6.27. The van der Waals surface area contributed by atoms with E-state index in [1.165, 1.54) is 13.2 Å². The normalized spacial score (nSPS) is 14.0. The van der Waals surface area contributed by atoms with Gasteiger partial charge in [0.15, 0.2) is 0 Å². The molecule has 2 unspecified atom stereocenters. The summed E-state index contributed by atoms with van der Waals surface area (Å²) in [6.45, 7) is 1.79. The van der Waals surface area contributed by atoms with Gasteiger partial charge in [0.25, 0.3) is 0 Å². The molecule has 0 spiro atoms. The average molecular weight is 255 g/mol. The number of rotatable bonds is 6. The van der Waals surface area contributed by atoms with E-state index in [0.717, 1.165) is 0 Å². The summed E-state index contributed by atoms with van der Waals surface area (Å²) in [4.78, 5) is 10.5. The Morgan fingerprint density at radius 1 is 1.56 bits per heavy atom. The monoisotopic (exact) mass is 255 g/mol. The molecule has 0 saturated carbocycles. The lowest BCUT2D eigenvalue weighted by Crippen LogP contribution is -2.17. The Bertz CT molecular complexity index is 423. The predicted octanol–water partition coefficient (Wildman–Crippen LogP) is 2.33. The molecule has 4 nitrogen and oxygen atoms in total. The Morgan fingerprint density at radius 3 is 2.72 bits per heavy atom. The molecule has 2 atom stereocenters. The maximum absolute atomic E-state index is 13.7. The molecule has 3 N–H and O–H groups in total. The van der Waals surface area contributed by atoms with E-state index >= 15 is 0 Å². The minimum Gasteiger partial charge on any atom is -0.497 e. The van der Waals surface area contributed by atoms with Crippen molar-refractivity contribution >= 4 is 5.97 Å². The standard InChI is InChI=1S/C13H18FNO3/c1-8(6-13(16)17)5-12(15)10-4-3-9(18-2)7-11(10)14/h3-4,7-8,12H,5-6,15H2,1-2H3,(H,16,17). The van der Waals surface area contributed by atoms with Crippen molar-refractivity contribution < 1.29 is 19.0 Å². The highest BCUT2D eigenvalue weighted by Crippen LogP contribution is 2.25. The Labute approximate surface area is 106 Å². The summed E-state index contributed by atoms with van der Waals surface area (Å²) in [7, 11) is 1.46. The molecule has 0 saturated heterocycles. The SMILES string of the molecule is COc1ccc(C(N)CC(C)CC(=O)O)c(F)c1. The first-order chi connectivity index (χ1) is 8.43. The van der Waals surface area contributed by atoms with Gasteiger partial charge in [0.1, 0.15) is 11.6 Å². The summed E-state index contributed by atoms with van der Waals surface area (Å²) >= 11 is 0. The van der Waals surface area contributed by atoms with E-state index in [-0.39, 0.29) is 12.3 Å². The predicted molar refractivity (Wildman–Crippen MR) is 65.9 cm³/mol. The van der Waals surface area contributed by atoms with Crippen LogP contribution in [0.15, 0.2) is 18.2 Å². The number of carboxylic acids is 1. The molecule has 18 heavy (non-hydrogen) atoms. The second-order valence-corrected chi connectivity index (χ2v) is 4.43. The van der Waals surface area contributed by atoms with Crippen molar-refractivity contribution in [2.24, 2.45) is 11.7 Å². The van der Waals surface area contributed by atoms with E-state index in [1.807, 2.05) is 0 Å². The van der Waals surface area contributed by atoms with Gasteiger partial charge in [0.05, 0.1) is 7.11 Å². The molecule has 0 amide bonds. The molecule has 100 valence electrons. The Balaban J connectivity index is 2.72. The molecule has 1 aromatic rings. The summed E-state index contributed by atoms with van der Waals surface area (Å²) in [5.74, 6) is -0.963. The van der Waals surface area contributed by atoms with Crippen LogP contribution in [0, 0.1) is 11.7 Å². The van der Waals surface area contributed by atoms with Gasteiger partial charge in [-0.05, 0) is 18.4 Å². The minimum atomic E-state index is -0.870. The van der Waals surface area contributed by atoms with Crippen molar-refractivity contribution in [1.29, 1.82) is 0 Å². The van der Waals surface area contributed by atoms with E-state index in [9.17, 15) is 9.18 Å². The lowest BCUT2D eigenvalue weighted by molar-refractivity contribution is -0.138. The van der Waals surface area contributed by atoms with Crippen LogP contribution in [-0.2, 0) is 4.79 Å². The fraction of sp³-hybridized carbons (Fsp3) is 0.462. The molecule has 0 bridgehead atoms. The topological polar surface area (TPSA) is 72.5 Å². The Kier molecular flexibility index (Phi) is 5.09. The third-order valence-corrected chi connectivity index (χ3v) is 2.79. The van der Waals surface area contributed by atoms with E-state index in [1.54, 1.807) is 19.1 Å². The first-order valence-corrected chi connectivity index (χ1v) is 5.74. The molecule has 0 fully saturated rings. The van der Waals surface area contributed by atoms with Crippen molar-refractivity contribution in [3.05, 3.63) is 29.6 Å². The van der Waals surface area contributed by atoms with Crippen molar-refractivity contribution in [2.45, 2.75) is 25.8 Å². The van der Waals surface area contributed by atoms with Gasteiger partial charge < -0.3 is 15.6 Å². The van der Waals surface area contributed by atoms with Crippen LogP contribution in [0.5, 0.6) is 5.75 Å². The van der Waals surface area contributed by atoms with Crippen molar-refractivity contribution in [1.82, 2.24) is 0 Å². The highest BCUT2D eigenvalue weighted by molar-refractivity contribution is 5.66. The average Bonchev–Trinajstić information content (AvgIpc) is 2.27. The number of hydrogen-bond acceptors (Lipinski definition) is 3. The van der Waals surface area contributed by atoms with Gasteiger partial charge in [-0.3, -0.25) is 4.79 Å². The summed E-state index contributed by atoms with van der Waals surface area (Å²) in [6.07, 6.45) is 0.459. The number of nitrogens with two attached hydrogens (primary N) is 1. The number of hydrogen-bond donors (Lipinski definition) is 2. The van der Waals surface area contributed by atoms with Crippen LogP contribution < -0.4 is 10.5 Å². The summed E-state index contributed by atoms with van der Waals surface area (Å²) in [5, 5.41) is 8.66. The lowest BCUT2D eigenvalue weighted by atomic mass is 9.94. The molecule has 0 aliphatic heterocycles. The number of ether oxygens (including phenoxy) is 1. The van der Waals surface area contributed by atoms with Crippen LogP contribution in [0.25, 0.3) is 0 Å². The number of carbonyl (C=O) groups is 1. The van der Waals surface area contributed by atoms with Gasteiger partial charge in [-0.2, -0.15) is 0 Å². The van der Waals surface area contributed by atoms with Crippen LogP contribution in [-0.4, -0.2) is 18.2 Å². The smallest absolute Gasteiger partial charge is 0.303 e. The van der Waals surface area contributed by atoms with Gasteiger partial charge in [-0.25, -0.2) is 4.39 Å². The molecule has 0 aliphatic rings. The van der Waals surface area contributed by atoms with Crippen molar-refractivity contribution in [3.8, 4) is 5.75 Å². The lowest BCUT2D eigenvalue weighted by Gasteiger charge is -2.17. The molecule has 1 aromatic carbocycles. The first kappa shape index (κ1) is 14.4. The molecule has 0 heterocycles. The van der Waals surface area contributed by atoms with E-state index in [0.29, 0.717) is 17.7 Å². The molecular formula is C13H18FNO3. The van der Waals surface area contributed by atoms with Gasteiger partial charge in [0.2, 0.25) is 0 Å². The van der Waals surface area contributed by atoms with Crippen molar-refractivity contribution in [2.75, 3.05) is 7.11 Å². The zero-order chi connectivity index (χ0) is 13.7. The van der Waals surface area contributed by atoms with Gasteiger partial charge in [0, 0.05) is 24.1 Å². The molecule has 1 rings (SSSR count). The summed E-state index contributed by atoms with van der Waals surface area (Å²) in [6, 6.07) is 3.98. The molecule has 5 heteroatoms. The maximum atomic E-state index is 13.7. The Morgan fingerprint density at radius 2 is 2.22 bits per heavy atom. The number of methoxy groups -OCH3 is 1. The number of benzene rings is 1. The van der Waals surface area contributed by atoms with Gasteiger partial charge in [-0.15, -0.1) is 0 Å². The molecule has 0 radical (unpaired) electrons. The van der Waals surface area contributed by atoms with E-state index in [2.05, 4.69) is 0 Å². The van der Waals surface area contributed by atoms with Crippen LogP contribution >= 0.6 is 0 Å². The number of aliphatic carboxylic acids is 1. The first-order valence-electron chi connectivity index (χ1n) is 5.74. The van der Waals surface area contributed by atoms with Crippen LogP contribution in [0.3, 0.4) is 0 Å². The van der Waals surface area contributed by atoms with Crippen LogP contribution in [0.4, 0.5) is 4.39 Å². The quantitative estimate of drug-likeness (QED) is 0.818. The minimum absolute atomic E-state index is 0.0332. The zero-order valence-corrected chi connectivity index (χ0v) is 10.5. The van der Waals surface area contributed by atoms with Gasteiger partial charge in [-0.1, -0.05) is 13.0 Å². The van der Waals surface area contributed by atoms with E-state index in [4.69, 9.17) is 15.6 Å². The fourth-order valence-corrected chi connectivity index (χ4v) is 1.88. The second-order valence-electron chi connectivity index (χ2n) is 4.43. The molecule has 0 aliphatic carbocycles. The largest absolute Gasteiger partial charge is 0.497 e. The number of carboxylic acid groups (broad SMARTS) is 1. The van der Waals surface area contributed by atoms with Crippen LogP contribution in [0.1, 0.15) is 31.4 Å². The van der Waals surface area contributed by atoms with Crippen molar-refractivity contribution in [3.63, 3.8) is 0 Å². The van der Waals surface area contributed by atoms with Crippen LogP contribution in [0.2, 0.25) is 0 Å². The Hall–Kier alpha value is -1.62. The third kappa shape index (κ3) is 4.00. The third-order valence-electron chi connectivity index (χ3n) is 2.79. The second kappa shape index (κ2) is 6.35. The molecule has 0 aromatic heterocycles. The zero-order valence-electron chi connectivity index (χ0n) is 10.5. The number of halogens is 1. The highest BCUT2D eigenvalue weighted by atomic mass is 19.1. The summed E-state index contributed by atoms with van der Waals surface area (Å²) < 4.78 is 18.6.